The summed E-state index contributed by atoms with van der Waals surface area (Å²) in [7, 11) is 1.55. The first-order valence-electron chi connectivity index (χ1n) is 12.5. The molecule has 3 heterocycles. The summed E-state index contributed by atoms with van der Waals surface area (Å²) in [6.07, 6.45) is 0. The van der Waals surface area contributed by atoms with Crippen molar-refractivity contribution in [1.82, 2.24) is 4.57 Å². The standard InChI is InChI=1S/C29H21ClFN3O5S2/c1-39-20-12-2-15(3-13-20)22-23-24(27(37)34(26(23)36)19-10-4-16(30)5-11-19)40-28-25(22)41-29(38)33(28)14-21(35)32-18-8-6-17(31)7-9-18/h2-13,22-24H,14H2,1H3,(H,32,35). The van der Waals surface area contributed by atoms with E-state index in [1.165, 1.54) is 33.7 Å². The van der Waals surface area contributed by atoms with Gasteiger partial charge in [-0.05, 0) is 66.2 Å². The van der Waals surface area contributed by atoms with E-state index in [-0.39, 0.29) is 17.3 Å². The Hall–Kier alpha value is -3.93. The molecule has 1 N–H and O–H groups in total. The molecule has 1 aromatic heterocycles. The smallest absolute Gasteiger partial charge is 0.308 e. The van der Waals surface area contributed by atoms with E-state index >= 15 is 0 Å². The number of anilines is 2. The number of rotatable bonds is 6. The molecule has 41 heavy (non-hydrogen) atoms. The van der Waals surface area contributed by atoms with E-state index < -0.39 is 34.7 Å². The van der Waals surface area contributed by atoms with Crippen LogP contribution >= 0.6 is 34.7 Å². The zero-order valence-corrected chi connectivity index (χ0v) is 23.8. The van der Waals surface area contributed by atoms with Crippen LogP contribution in [0.4, 0.5) is 15.8 Å². The van der Waals surface area contributed by atoms with Crippen LogP contribution in [0.15, 0.2) is 82.6 Å². The molecule has 3 atom stereocenters. The largest absolute Gasteiger partial charge is 0.497 e. The topological polar surface area (TPSA) is 97.7 Å². The highest BCUT2D eigenvalue weighted by atomic mass is 35.5. The van der Waals surface area contributed by atoms with Crippen molar-refractivity contribution in [3.05, 3.63) is 104 Å². The first-order valence-corrected chi connectivity index (χ1v) is 14.6. The van der Waals surface area contributed by atoms with Crippen molar-refractivity contribution in [2.45, 2.75) is 22.7 Å². The fourth-order valence-electron chi connectivity index (χ4n) is 5.15. The lowest BCUT2D eigenvalue weighted by molar-refractivity contribution is -0.122. The minimum Gasteiger partial charge on any atom is -0.497 e. The molecular formula is C29H21ClFN3O5S2. The summed E-state index contributed by atoms with van der Waals surface area (Å²) in [6.45, 7) is -0.315. The van der Waals surface area contributed by atoms with Crippen molar-refractivity contribution in [3.8, 4) is 5.75 Å². The van der Waals surface area contributed by atoms with Gasteiger partial charge in [-0.1, -0.05) is 46.8 Å². The lowest BCUT2D eigenvalue weighted by Gasteiger charge is -2.30. The molecule has 0 saturated carbocycles. The number of halogens is 2. The first-order chi connectivity index (χ1) is 19.7. The number of amides is 3. The number of nitrogens with one attached hydrogen (secondary N) is 1. The summed E-state index contributed by atoms with van der Waals surface area (Å²) in [5.74, 6) is -2.46. The van der Waals surface area contributed by atoms with Gasteiger partial charge in [-0.15, -0.1) is 0 Å². The van der Waals surface area contributed by atoms with Crippen molar-refractivity contribution in [1.29, 1.82) is 0 Å². The van der Waals surface area contributed by atoms with Gasteiger partial charge in [0, 0.05) is 21.5 Å². The molecule has 3 aromatic carbocycles. The zero-order chi connectivity index (χ0) is 28.8. The number of thiazole rings is 1. The minimum absolute atomic E-state index is 0.315. The van der Waals surface area contributed by atoms with Crippen LogP contribution in [0, 0.1) is 11.7 Å². The summed E-state index contributed by atoms with van der Waals surface area (Å²) in [5, 5.41) is 2.79. The number of carbonyl (C=O) groups excluding carboxylic acids is 3. The van der Waals surface area contributed by atoms with Gasteiger partial charge >= 0.3 is 4.87 Å². The summed E-state index contributed by atoms with van der Waals surface area (Å²) in [6, 6.07) is 18.9. The van der Waals surface area contributed by atoms with E-state index in [2.05, 4.69) is 5.32 Å². The Morgan fingerprint density at radius 3 is 2.32 bits per heavy atom. The number of aromatic nitrogens is 1. The third kappa shape index (κ3) is 4.94. The monoisotopic (exact) mass is 609 g/mol. The zero-order valence-electron chi connectivity index (χ0n) is 21.4. The lowest BCUT2D eigenvalue weighted by atomic mass is 9.83. The van der Waals surface area contributed by atoms with Crippen molar-refractivity contribution in [2.75, 3.05) is 17.3 Å². The van der Waals surface area contributed by atoms with E-state index in [9.17, 15) is 23.6 Å². The highest BCUT2D eigenvalue weighted by molar-refractivity contribution is 8.00. The van der Waals surface area contributed by atoms with Crippen molar-refractivity contribution >= 4 is 63.8 Å². The normalized spacial score (nSPS) is 19.6. The second-order valence-corrected chi connectivity index (χ2v) is 12.0. The van der Waals surface area contributed by atoms with Gasteiger partial charge in [0.15, 0.2) is 0 Å². The number of ether oxygens (including phenoxy) is 1. The summed E-state index contributed by atoms with van der Waals surface area (Å²) >= 11 is 8.12. The maximum atomic E-state index is 13.9. The van der Waals surface area contributed by atoms with Gasteiger partial charge in [-0.3, -0.25) is 23.7 Å². The molecule has 3 amide bonds. The molecule has 6 rings (SSSR count). The number of hydrogen-bond donors (Lipinski definition) is 1. The maximum absolute atomic E-state index is 13.9. The van der Waals surface area contributed by atoms with Crippen LogP contribution in [-0.2, 0) is 20.9 Å². The predicted molar refractivity (Wildman–Crippen MR) is 156 cm³/mol. The van der Waals surface area contributed by atoms with Crippen molar-refractivity contribution < 1.29 is 23.5 Å². The third-order valence-electron chi connectivity index (χ3n) is 7.04. The highest BCUT2D eigenvalue weighted by Crippen LogP contribution is 2.54. The molecule has 3 unspecified atom stereocenters. The number of nitrogens with zero attached hydrogens (tertiary/aromatic N) is 2. The average molecular weight is 610 g/mol. The summed E-state index contributed by atoms with van der Waals surface area (Å²) < 4.78 is 19.9. The Kier molecular flexibility index (Phi) is 7.18. The Balaban J connectivity index is 1.40. The number of carbonyl (C=O) groups is 3. The fourth-order valence-corrected chi connectivity index (χ4v) is 8.05. The van der Waals surface area contributed by atoms with Gasteiger partial charge in [-0.25, -0.2) is 9.29 Å². The Morgan fingerprint density at radius 1 is 0.976 bits per heavy atom. The van der Waals surface area contributed by atoms with E-state index in [1.54, 1.807) is 43.5 Å². The van der Waals surface area contributed by atoms with Gasteiger partial charge in [0.05, 0.1) is 23.7 Å². The number of fused-ring (bicyclic) bond motifs is 2. The fraction of sp³-hybridized carbons (Fsp3) is 0.172. The average Bonchev–Trinajstić information content (AvgIpc) is 3.41. The van der Waals surface area contributed by atoms with E-state index in [4.69, 9.17) is 16.3 Å². The number of benzene rings is 3. The maximum Gasteiger partial charge on any atom is 0.308 e. The Bertz CT molecular complexity index is 1720. The molecule has 1 saturated heterocycles. The van der Waals surface area contributed by atoms with Crippen LogP contribution in [0.5, 0.6) is 5.75 Å². The molecule has 208 valence electrons. The second-order valence-electron chi connectivity index (χ2n) is 9.48. The van der Waals surface area contributed by atoms with Gasteiger partial charge in [0.25, 0.3) is 0 Å². The minimum atomic E-state index is -0.821. The molecule has 0 radical (unpaired) electrons. The molecule has 8 nitrogen and oxygen atoms in total. The van der Waals surface area contributed by atoms with Crippen molar-refractivity contribution in [3.63, 3.8) is 0 Å². The SMILES string of the molecule is COc1ccc(C2c3sc(=O)n(CC(=O)Nc4ccc(F)cc4)c3SC3C(=O)N(c4ccc(Cl)cc4)C(=O)C32)cc1. The van der Waals surface area contributed by atoms with E-state index in [0.717, 1.165) is 28.7 Å². The van der Waals surface area contributed by atoms with Crippen LogP contribution in [0.3, 0.4) is 0 Å². The number of hydrogen-bond acceptors (Lipinski definition) is 7. The van der Waals surface area contributed by atoms with Gasteiger partial charge in [-0.2, -0.15) is 0 Å². The molecule has 4 aromatic rings. The number of imide groups is 1. The third-order valence-corrected chi connectivity index (χ3v) is 9.89. The van der Waals surface area contributed by atoms with Crippen LogP contribution in [0.1, 0.15) is 16.4 Å². The van der Waals surface area contributed by atoms with E-state index in [0.29, 0.717) is 32.1 Å². The number of methoxy groups -OCH3 is 1. The van der Waals surface area contributed by atoms with Crippen molar-refractivity contribution in [2.24, 2.45) is 5.92 Å². The predicted octanol–water partition coefficient (Wildman–Crippen LogP) is 5.15. The summed E-state index contributed by atoms with van der Waals surface area (Å²) in [4.78, 5) is 55.2. The van der Waals surface area contributed by atoms with Crippen LogP contribution < -0.4 is 19.8 Å². The Morgan fingerprint density at radius 2 is 1.66 bits per heavy atom. The molecular weight excluding hydrogens is 589 g/mol. The molecule has 0 spiro atoms. The second kappa shape index (κ2) is 10.8. The van der Waals surface area contributed by atoms with E-state index in [1.807, 2.05) is 12.1 Å². The molecule has 2 aliphatic rings. The molecule has 1 fully saturated rings. The number of thioether (sulfide) groups is 1. The Labute approximate surface area is 246 Å². The van der Waals surface area contributed by atoms with Gasteiger partial charge in [0.1, 0.15) is 23.4 Å². The van der Waals surface area contributed by atoms with Crippen LogP contribution in [-0.4, -0.2) is 34.6 Å². The van der Waals surface area contributed by atoms with Gasteiger partial charge in [0.2, 0.25) is 17.7 Å². The lowest BCUT2D eigenvalue weighted by Crippen LogP contribution is -2.33. The van der Waals surface area contributed by atoms with Crippen LogP contribution in [0.2, 0.25) is 5.02 Å². The first kappa shape index (κ1) is 27.3. The molecule has 2 aliphatic heterocycles. The van der Waals surface area contributed by atoms with Crippen LogP contribution in [0.25, 0.3) is 0 Å². The summed E-state index contributed by atoms with van der Waals surface area (Å²) in [5.41, 5.74) is 1.53. The molecule has 0 bridgehead atoms. The quantitative estimate of drug-likeness (QED) is 0.304. The van der Waals surface area contributed by atoms with Gasteiger partial charge < -0.3 is 10.1 Å². The highest BCUT2D eigenvalue weighted by Gasteiger charge is 2.56. The molecule has 12 heteroatoms. The molecule has 0 aliphatic carbocycles.